The van der Waals surface area contributed by atoms with Crippen LogP contribution in [0, 0.1) is 0 Å². The van der Waals surface area contributed by atoms with Crippen LogP contribution < -0.4 is 0 Å². The molecule has 0 aromatic heterocycles. The van der Waals surface area contributed by atoms with E-state index in [0.717, 1.165) is 24.2 Å². The van der Waals surface area contributed by atoms with Crippen molar-refractivity contribution in [3.8, 4) is 0 Å². The summed E-state index contributed by atoms with van der Waals surface area (Å²) in [4.78, 5) is 12.4. The molecular formula is C18H14O2. The van der Waals surface area contributed by atoms with Gasteiger partial charge in [0.1, 0.15) is 11.9 Å². The first-order valence-corrected chi connectivity index (χ1v) is 7.29. The number of carbonyl (C=O) groups excluding carboxylic acids is 1. The molecule has 0 spiro atoms. The zero-order valence-electron chi connectivity index (χ0n) is 11.1. The highest BCUT2D eigenvalue weighted by Crippen LogP contribution is 2.57. The van der Waals surface area contributed by atoms with Crippen molar-refractivity contribution in [1.29, 1.82) is 0 Å². The van der Waals surface area contributed by atoms with E-state index in [4.69, 9.17) is 4.74 Å². The van der Waals surface area contributed by atoms with Crippen LogP contribution >= 0.6 is 0 Å². The van der Waals surface area contributed by atoms with Gasteiger partial charge in [0.15, 0.2) is 5.78 Å². The summed E-state index contributed by atoms with van der Waals surface area (Å²) in [5.41, 5.74) is 3.50. The molecule has 98 valence electrons. The maximum atomic E-state index is 12.4. The average Bonchev–Trinajstić information content (AvgIpc) is 2.99. The molecule has 2 aliphatic carbocycles. The Labute approximate surface area is 117 Å². The minimum Gasteiger partial charge on any atom is -0.489 e. The van der Waals surface area contributed by atoms with Gasteiger partial charge in [0.2, 0.25) is 0 Å². The predicted molar refractivity (Wildman–Crippen MR) is 76.4 cm³/mol. The van der Waals surface area contributed by atoms with Crippen molar-refractivity contribution < 1.29 is 9.53 Å². The standard InChI is InChI=1S/C18H14O2/c19-13-8-3-9-14-17(13)16-11-6-1-4-10-5-2-7-12(15(10)11)18(16)20-14/h1-2,4-7,16,18H,3,8-9H2. The van der Waals surface area contributed by atoms with Gasteiger partial charge in [-0.1, -0.05) is 36.4 Å². The van der Waals surface area contributed by atoms with Gasteiger partial charge in [-0.3, -0.25) is 4.79 Å². The number of benzene rings is 2. The van der Waals surface area contributed by atoms with Crippen LogP contribution in [-0.2, 0) is 9.53 Å². The fourth-order valence-corrected chi connectivity index (χ4v) is 4.13. The molecule has 2 atom stereocenters. The van der Waals surface area contributed by atoms with Crippen LogP contribution in [0.4, 0.5) is 0 Å². The first kappa shape index (κ1) is 10.7. The van der Waals surface area contributed by atoms with Gasteiger partial charge in [0.25, 0.3) is 0 Å². The second-order valence-electron chi connectivity index (χ2n) is 5.92. The van der Waals surface area contributed by atoms with Gasteiger partial charge in [0, 0.05) is 24.0 Å². The van der Waals surface area contributed by atoms with Gasteiger partial charge in [-0.15, -0.1) is 0 Å². The minimum atomic E-state index is 0.0307. The Kier molecular flexibility index (Phi) is 1.87. The summed E-state index contributed by atoms with van der Waals surface area (Å²) in [5, 5.41) is 2.55. The van der Waals surface area contributed by atoms with Crippen LogP contribution in [0.25, 0.3) is 10.8 Å². The van der Waals surface area contributed by atoms with E-state index in [1.54, 1.807) is 0 Å². The molecule has 0 saturated carbocycles. The molecule has 0 N–H and O–H groups in total. The van der Waals surface area contributed by atoms with Crippen molar-refractivity contribution >= 4 is 16.6 Å². The zero-order chi connectivity index (χ0) is 13.3. The van der Waals surface area contributed by atoms with Crippen molar-refractivity contribution in [2.45, 2.75) is 31.3 Å². The third kappa shape index (κ3) is 1.13. The summed E-state index contributed by atoms with van der Waals surface area (Å²) >= 11 is 0. The third-order valence-corrected chi connectivity index (χ3v) is 4.90. The molecule has 2 aromatic rings. The molecule has 0 bridgehead atoms. The first-order valence-electron chi connectivity index (χ1n) is 7.29. The van der Waals surface area contributed by atoms with Crippen LogP contribution in [0.2, 0.25) is 0 Å². The monoisotopic (exact) mass is 262 g/mol. The van der Waals surface area contributed by atoms with Gasteiger partial charge < -0.3 is 4.74 Å². The second-order valence-corrected chi connectivity index (χ2v) is 5.92. The Morgan fingerprint density at radius 1 is 1.00 bits per heavy atom. The molecule has 3 aliphatic rings. The van der Waals surface area contributed by atoms with Gasteiger partial charge >= 0.3 is 0 Å². The van der Waals surface area contributed by atoms with Crippen molar-refractivity contribution in [2.75, 3.05) is 0 Å². The Hall–Kier alpha value is -2.09. The highest BCUT2D eigenvalue weighted by atomic mass is 16.5. The van der Waals surface area contributed by atoms with E-state index in [-0.39, 0.29) is 12.0 Å². The fourth-order valence-electron chi connectivity index (χ4n) is 4.13. The Morgan fingerprint density at radius 2 is 1.80 bits per heavy atom. The van der Waals surface area contributed by atoms with E-state index in [9.17, 15) is 4.79 Å². The molecule has 2 heteroatoms. The number of carbonyl (C=O) groups is 1. The largest absolute Gasteiger partial charge is 0.489 e. The number of fused-ring (bicyclic) bond motifs is 4. The van der Waals surface area contributed by atoms with E-state index in [0.29, 0.717) is 12.2 Å². The first-order chi connectivity index (χ1) is 9.84. The molecule has 2 nitrogen and oxygen atoms in total. The third-order valence-electron chi connectivity index (χ3n) is 4.90. The van der Waals surface area contributed by atoms with E-state index in [1.807, 2.05) is 0 Å². The molecule has 1 aliphatic heterocycles. The summed E-state index contributed by atoms with van der Waals surface area (Å²) in [6, 6.07) is 12.8. The molecule has 0 fully saturated rings. The quantitative estimate of drug-likeness (QED) is 0.717. The maximum Gasteiger partial charge on any atom is 0.163 e. The van der Waals surface area contributed by atoms with Crippen molar-refractivity contribution in [1.82, 2.24) is 0 Å². The number of hydrogen-bond donors (Lipinski definition) is 0. The summed E-state index contributed by atoms with van der Waals surface area (Å²) in [6.45, 7) is 0. The molecule has 1 heterocycles. The molecule has 2 aromatic carbocycles. The molecule has 20 heavy (non-hydrogen) atoms. The lowest BCUT2D eigenvalue weighted by atomic mass is 9.84. The number of ether oxygens (including phenoxy) is 1. The van der Waals surface area contributed by atoms with Gasteiger partial charge in [-0.25, -0.2) is 0 Å². The number of allylic oxidation sites excluding steroid dienone is 1. The highest BCUT2D eigenvalue weighted by molar-refractivity contribution is 6.02. The van der Waals surface area contributed by atoms with Crippen LogP contribution in [0.1, 0.15) is 42.4 Å². The molecule has 0 radical (unpaired) electrons. The number of rotatable bonds is 0. The Morgan fingerprint density at radius 3 is 2.65 bits per heavy atom. The second kappa shape index (κ2) is 3.51. The molecule has 2 unspecified atom stereocenters. The summed E-state index contributed by atoms with van der Waals surface area (Å²) in [5.74, 6) is 1.39. The van der Waals surface area contributed by atoms with Crippen molar-refractivity contribution in [3.05, 3.63) is 58.9 Å². The van der Waals surface area contributed by atoms with Gasteiger partial charge in [0.05, 0.1) is 5.92 Å². The van der Waals surface area contributed by atoms with Crippen LogP contribution in [-0.4, -0.2) is 5.78 Å². The summed E-state index contributed by atoms with van der Waals surface area (Å²) < 4.78 is 6.19. The van der Waals surface area contributed by atoms with Gasteiger partial charge in [-0.05, 0) is 22.8 Å². The molecular weight excluding hydrogens is 248 g/mol. The average molecular weight is 262 g/mol. The molecule has 5 rings (SSSR count). The summed E-state index contributed by atoms with van der Waals surface area (Å²) in [7, 11) is 0. The van der Waals surface area contributed by atoms with E-state index in [1.165, 1.54) is 21.9 Å². The van der Waals surface area contributed by atoms with Crippen LogP contribution in [0.5, 0.6) is 0 Å². The Balaban J connectivity index is 1.81. The van der Waals surface area contributed by atoms with Crippen LogP contribution in [0.3, 0.4) is 0 Å². The minimum absolute atomic E-state index is 0.0307. The maximum absolute atomic E-state index is 12.4. The lowest BCUT2D eigenvalue weighted by Crippen LogP contribution is -2.13. The summed E-state index contributed by atoms with van der Waals surface area (Å²) in [6.07, 6.45) is 2.57. The van der Waals surface area contributed by atoms with Crippen molar-refractivity contribution in [3.63, 3.8) is 0 Å². The van der Waals surface area contributed by atoms with E-state index < -0.39 is 0 Å². The SMILES string of the molecule is O=C1CCCC2=C1C1c3cccc4cccc(c34)C1O2. The Bertz CT molecular complexity index is 795. The lowest BCUT2D eigenvalue weighted by Gasteiger charge is -2.15. The van der Waals surface area contributed by atoms with Gasteiger partial charge in [-0.2, -0.15) is 0 Å². The van der Waals surface area contributed by atoms with E-state index >= 15 is 0 Å². The smallest absolute Gasteiger partial charge is 0.163 e. The van der Waals surface area contributed by atoms with Crippen molar-refractivity contribution in [2.24, 2.45) is 0 Å². The fraction of sp³-hybridized carbons (Fsp3) is 0.278. The molecule has 0 amide bonds. The number of ketones is 1. The zero-order valence-corrected chi connectivity index (χ0v) is 11.1. The normalized spacial score (nSPS) is 26.7. The number of Topliss-reactive ketones (excluding diaryl/α,β-unsaturated/α-hetero) is 1. The topological polar surface area (TPSA) is 26.3 Å². The molecule has 0 saturated heterocycles. The highest BCUT2D eigenvalue weighted by Gasteiger charge is 2.47. The lowest BCUT2D eigenvalue weighted by molar-refractivity contribution is -0.116. The van der Waals surface area contributed by atoms with Crippen LogP contribution in [0.15, 0.2) is 47.7 Å². The predicted octanol–water partition coefficient (Wildman–Crippen LogP) is 4.02. The van der Waals surface area contributed by atoms with E-state index in [2.05, 4.69) is 36.4 Å². The number of hydrogen-bond acceptors (Lipinski definition) is 2.